The molecule has 0 saturated heterocycles. The molecule has 3 rings (SSSR count). The number of nitrogens with one attached hydrogen (secondary N) is 1. The lowest BCUT2D eigenvalue weighted by atomic mass is 10.2. The molecule has 0 unspecified atom stereocenters. The van der Waals surface area contributed by atoms with Gasteiger partial charge in [-0.25, -0.2) is 0 Å². The quantitative estimate of drug-likeness (QED) is 0.673. The van der Waals surface area contributed by atoms with Crippen molar-refractivity contribution in [3.8, 4) is 11.3 Å². The summed E-state index contributed by atoms with van der Waals surface area (Å²) in [5.41, 5.74) is -0.273. The molecule has 5 nitrogen and oxygen atoms in total. The molecule has 0 bridgehead atoms. The fourth-order valence-electron chi connectivity index (χ4n) is 2.05. The Morgan fingerprint density at radius 2 is 1.84 bits per heavy atom. The van der Waals surface area contributed by atoms with Crippen LogP contribution in [-0.4, -0.2) is 16.0 Å². The van der Waals surface area contributed by atoms with Crippen LogP contribution in [0, 0.1) is 0 Å². The van der Waals surface area contributed by atoms with Gasteiger partial charge in [0, 0.05) is 34.2 Å². The molecule has 0 atom stereocenters. The summed E-state index contributed by atoms with van der Waals surface area (Å²) in [7, 11) is 0. The second kappa shape index (κ2) is 6.67. The van der Waals surface area contributed by atoms with Crippen LogP contribution in [-0.2, 0) is 6.18 Å². The number of hydrogen-bond acceptors (Lipinski definition) is 4. The van der Waals surface area contributed by atoms with E-state index in [0.29, 0.717) is 11.3 Å². The minimum atomic E-state index is -4.54. The number of amides is 1. The molecule has 2 aromatic heterocycles. The van der Waals surface area contributed by atoms with Gasteiger partial charge in [0.1, 0.15) is 0 Å². The molecule has 25 heavy (non-hydrogen) atoms. The van der Waals surface area contributed by atoms with Crippen LogP contribution in [0.5, 0.6) is 0 Å². The van der Waals surface area contributed by atoms with Crippen LogP contribution in [0.4, 0.5) is 18.9 Å². The number of nitrogens with zero attached hydrogens (tertiary/aromatic N) is 2. The fraction of sp³-hybridized carbons (Fsp3) is 0.0625. The molecule has 3 aromatic rings. The van der Waals surface area contributed by atoms with Crippen LogP contribution in [0.1, 0.15) is 16.1 Å². The minimum absolute atomic E-state index is 0.00557. The summed E-state index contributed by atoms with van der Waals surface area (Å²) in [5, 5.41) is 6.01. The van der Waals surface area contributed by atoms with Gasteiger partial charge < -0.3 is 9.84 Å². The van der Waals surface area contributed by atoms with Gasteiger partial charge in [-0.05, 0) is 30.3 Å². The topological polar surface area (TPSA) is 68.0 Å². The minimum Gasteiger partial charge on any atom is -0.355 e. The lowest BCUT2D eigenvalue weighted by Crippen LogP contribution is -2.13. The summed E-state index contributed by atoms with van der Waals surface area (Å²) in [6, 6.07) is 8.14. The Labute approximate surface area is 148 Å². The third kappa shape index (κ3) is 3.87. The Kier molecular flexibility index (Phi) is 4.58. The monoisotopic (exact) mass is 411 g/mol. The smallest absolute Gasteiger partial charge is 0.355 e. The number of carbonyl (C=O) groups excluding carboxylic acids is 1. The van der Waals surface area contributed by atoms with Crippen molar-refractivity contribution in [2.24, 2.45) is 0 Å². The van der Waals surface area contributed by atoms with E-state index in [0.717, 1.165) is 6.07 Å². The fourth-order valence-corrected chi connectivity index (χ4v) is 2.52. The highest BCUT2D eigenvalue weighted by atomic mass is 79.9. The molecule has 0 saturated carbocycles. The number of benzene rings is 1. The van der Waals surface area contributed by atoms with Gasteiger partial charge in [0.15, 0.2) is 11.5 Å². The van der Waals surface area contributed by atoms with Crippen molar-refractivity contribution in [2.75, 3.05) is 5.32 Å². The number of alkyl halides is 3. The molecule has 1 N–H and O–H groups in total. The number of carbonyl (C=O) groups is 1. The van der Waals surface area contributed by atoms with Crippen LogP contribution < -0.4 is 5.32 Å². The van der Waals surface area contributed by atoms with Gasteiger partial charge in [-0.2, -0.15) is 13.2 Å². The van der Waals surface area contributed by atoms with Crippen molar-refractivity contribution < 1.29 is 22.5 Å². The van der Waals surface area contributed by atoms with E-state index < -0.39 is 17.6 Å². The maximum atomic E-state index is 12.9. The van der Waals surface area contributed by atoms with Crippen LogP contribution in [0.2, 0.25) is 0 Å². The van der Waals surface area contributed by atoms with E-state index in [1.54, 1.807) is 24.5 Å². The lowest BCUT2D eigenvalue weighted by molar-refractivity contribution is -0.138. The summed E-state index contributed by atoms with van der Waals surface area (Å²) >= 11 is 2.84. The highest BCUT2D eigenvalue weighted by Gasteiger charge is 2.33. The first-order valence-electron chi connectivity index (χ1n) is 6.90. The normalized spacial score (nSPS) is 11.4. The molecule has 1 aromatic carbocycles. The molecule has 9 heteroatoms. The van der Waals surface area contributed by atoms with Gasteiger partial charge >= 0.3 is 6.18 Å². The largest absolute Gasteiger partial charge is 0.417 e. The van der Waals surface area contributed by atoms with Gasteiger partial charge in [0.25, 0.3) is 5.91 Å². The average molecular weight is 412 g/mol. The Bertz CT molecular complexity index is 910. The number of aromatic nitrogens is 2. The second-order valence-electron chi connectivity index (χ2n) is 4.96. The highest BCUT2D eigenvalue weighted by molar-refractivity contribution is 9.10. The van der Waals surface area contributed by atoms with Gasteiger partial charge in [-0.15, -0.1) is 0 Å². The molecule has 2 heterocycles. The van der Waals surface area contributed by atoms with Crippen LogP contribution >= 0.6 is 15.9 Å². The average Bonchev–Trinajstić information content (AvgIpc) is 3.06. The Morgan fingerprint density at radius 3 is 2.52 bits per heavy atom. The lowest BCUT2D eigenvalue weighted by Gasteiger charge is -2.11. The molecule has 0 aliphatic carbocycles. The standard InChI is InChI=1S/C16H9BrF3N3O2/c17-12-2-1-10(7-11(12)16(18,19)20)22-15(24)13-8-14(25-23-13)9-3-5-21-6-4-9/h1-8H,(H,22,24). The van der Waals surface area contributed by atoms with Gasteiger partial charge in [0.05, 0.1) is 5.56 Å². The second-order valence-corrected chi connectivity index (χ2v) is 5.81. The summed E-state index contributed by atoms with van der Waals surface area (Å²) in [5.74, 6) is -0.334. The van der Waals surface area contributed by atoms with E-state index in [1.807, 2.05) is 0 Å². The van der Waals surface area contributed by atoms with Crippen molar-refractivity contribution in [1.29, 1.82) is 0 Å². The third-order valence-electron chi connectivity index (χ3n) is 3.24. The van der Waals surface area contributed by atoms with Gasteiger partial charge in [-0.3, -0.25) is 9.78 Å². The Morgan fingerprint density at radius 1 is 1.12 bits per heavy atom. The molecule has 0 aliphatic heterocycles. The van der Waals surface area contributed by atoms with E-state index in [4.69, 9.17) is 4.52 Å². The molecular formula is C16H9BrF3N3O2. The van der Waals surface area contributed by atoms with Crippen LogP contribution in [0.15, 0.2) is 57.8 Å². The first-order chi connectivity index (χ1) is 11.8. The van der Waals surface area contributed by atoms with Crippen molar-refractivity contribution in [3.05, 3.63) is 64.5 Å². The molecule has 128 valence electrons. The maximum Gasteiger partial charge on any atom is 0.417 e. The number of hydrogen-bond donors (Lipinski definition) is 1. The number of halogens is 4. The molecule has 0 radical (unpaired) electrons. The summed E-state index contributed by atoms with van der Waals surface area (Å²) in [6.07, 6.45) is -1.43. The summed E-state index contributed by atoms with van der Waals surface area (Å²) < 4.78 is 43.7. The molecule has 0 fully saturated rings. The SMILES string of the molecule is O=C(Nc1ccc(Br)c(C(F)(F)F)c1)c1cc(-c2ccncc2)on1. The van der Waals surface area contributed by atoms with Gasteiger partial charge in [0.2, 0.25) is 0 Å². The maximum absolute atomic E-state index is 12.9. The molecule has 1 amide bonds. The van der Waals surface area contributed by atoms with E-state index in [1.165, 1.54) is 18.2 Å². The van der Waals surface area contributed by atoms with E-state index >= 15 is 0 Å². The zero-order chi connectivity index (χ0) is 18.0. The third-order valence-corrected chi connectivity index (χ3v) is 3.93. The van der Waals surface area contributed by atoms with Crippen LogP contribution in [0.3, 0.4) is 0 Å². The van der Waals surface area contributed by atoms with Crippen molar-refractivity contribution in [1.82, 2.24) is 10.1 Å². The Balaban J connectivity index is 1.81. The highest BCUT2D eigenvalue weighted by Crippen LogP contribution is 2.36. The van der Waals surface area contributed by atoms with Crippen molar-refractivity contribution in [3.63, 3.8) is 0 Å². The predicted octanol–water partition coefficient (Wildman–Crippen LogP) is 4.77. The van der Waals surface area contributed by atoms with Crippen LogP contribution in [0.25, 0.3) is 11.3 Å². The van der Waals surface area contributed by atoms with E-state index in [2.05, 4.69) is 31.4 Å². The zero-order valence-electron chi connectivity index (χ0n) is 12.3. The summed E-state index contributed by atoms with van der Waals surface area (Å²) in [6.45, 7) is 0. The predicted molar refractivity (Wildman–Crippen MR) is 86.8 cm³/mol. The van der Waals surface area contributed by atoms with Crippen molar-refractivity contribution >= 4 is 27.5 Å². The summed E-state index contributed by atoms with van der Waals surface area (Å²) in [4.78, 5) is 16.0. The molecule has 0 spiro atoms. The van der Waals surface area contributed by atoms with E-state index in [-0.39, 0.29) is 15.9 Å². The van der Waals surface area contributed by atoms with Gasteiger partial charge in [-0.1, -0.05) is 21.1 Å². The van der Waals surface area contributed by atoms with E-state index in [9.17, 15) is 18.0 Å². The first kappa shape index (κ1) is 17.2. The number of anilines is 1. The zero-order valence-corrected chi connectivity index (χ0v) is 13.9. The first-order valence-corrected chi connectivity index (χ1v) is 7.69. The number of pyridine rings is 1. The van der Waals surface area contributed by atoms with Crippen molar-refractivity contribution in [2.45, 2.75) is 6.18 Å². The number of rotatable bonds is 3. The molecule has 0 aliphatic rings. The molecular weight excluding hydrogens is 403 g/mol. The Hall–Kier alpha value is -2.68.